The summed E-state index contributed by atoms with van der Waals surface area (Å²) >= 11 is 0. The van der Waals surface area contributed by atoms with Crippen LogP contribution in [0.15, 0.2) is 50.6 Å². The van der Waals surface area contributed by atoms with Gasteiger partial charge < -0.3 is 0 Å². The minimum absolute atomic E-state index is 0.171. The predicted molar refractivity (Wildman–Crippen MR) is 81.7 cm³/mol. The van der Waals surface area contributed by atoms with E-state index in [1.807, 2.05) is 6.08 Å². The van der Waals surface area contributed by atoms with Gasteiger partial charge >= 0.3 is 0 Å². The number of likely N-dealkylation sites (tertiary alicyclic amines) is 1. The molecule has 0 aliphatic carbocycles. The Labute approximate surface area is 113 Å². The average Bonchev–Trinajstić information content (AvgIpc) is 2.35. The highest BCUT2D eigenvalue weighted by molar-refractivity contribution is 5.08. The van der Waals surface area contributed by atoms with Crippen molar-refractivity contribution >= 4 is 0 Å². The van der Waals surface area contributed by atoms with Crippen molar-refractivity contribution < 1.29 is 0 Å². The molecule has 1 fully saturated rings. The molecule has 0 aromatic rings. The van der Waals surface area contributed by atoms with Crippen LogP contribution in [0.25, 0.3) is 0 Å². The Balaban J connectivity index is 3.06. The molecule has 1 unspecified atom stereocenters. The minimum atomic E-state index is 0.171. The van der Waals surface area contributed by atoms with Crippen molar-refractivity contribution in [3.8, 4) is 0 Å². The summed E-state index contributed by atoms with van der Waals surface area (Å²) in [7, 11) is 0. The van der Waals surface area contributed by atoms with Crippen LogP contribution in [0.5, 0.6) is 0 Å². The zero-order valence-electron chi connectivity index (χ0n) is 11.6. The molecule has 1 saturated heterocycles. The van der Waals surface area contributed by atoms with Gasteiger partial charge in [0.2, 0.25) is 0 Å². The molecule has 0 bridgehead atoms. The van der Waals surface area contributed by atoms with Crippen LogP contribution >= 0.6 is 0 Å². The first-order valence-electron chi connectivity index (χ1n) is 6.93. The average molecular weight is 245 g/mol. The summed E-state index contributed by atoms with van der Waals surface area (Å²) in [4.78, 5) is 2.57. The Morgan fingerprint density at radius 3 is 2.17 bits per heavy atom. The van der Waals surface area contributed by atoms with E-state index in [0.717, 1.165) is 32.4 Å². The number of hydrogen-bond donors (Lipinski definition) is 0. The van der Waals surface area contributed by atoms with E-state index < -0.39 is 0 Å². The number of nitrogens with zero attached hydrogens (tertiary/aromatic N) is 1. The van der Waals surface area contributed by atoms with Gasteiger partial charge in [-0.25, -0.2) is 0 Å². The van der Waals surface area contributed by atoms with Gasteiger partial charge in [0, 0.05) is 12.1 Å². The normalized spacial score (nSPS) is 23.2. The van der Waals surface area contributed by atoms with E-state index in [9.17, 15) is 0 Å². The molecule has 1 rings (SSSR count). The molecular weight excluding hydrogens is 218 g/mol. The minimum Gasteiger partial charge on any atom is -0.293 e. The molecule has 1 aliphatic rings. The Kier molecular flexibility index (Phi) is 6.14. The fourth-order valence-corrected chi connectivity index (χ4v) is 3.42. The van der Waals surface area contributed by atoms with Crippen molar-refractivity contribution in [2.75, 3.05) is 13.1 Å². The van der Waals surface area contributed by atoms with Gasteiger partial charge in [-0.05, 0) is 44.6 Å². The highest BCUT2D eigenvalue weighted by Gasteiger charge is 2.42. The first-order chi connectivity index (χ1) is 8.75. The summed E-state index contributed by atoms with van der Waals surface area (Å²) in [6.45, 7) is 17.8. The smallest absolute Gasteiger partial charge is 0.0312 e. The second-order valence-electron chi connectivity index (χ2n) is 5.19. The molecule has 18 heavy (non-hydrogen) atoms. The lowest BCUT2D eigenvalue weighted by atomic mass is 9.70. The topological polar surface area (TPSA) is 3.24 Å². The lowest BCUT2D eigenvalue weighted by molar-refractivity contribution is 0.00730. The molecule has 0 aromatic carbocycles. The highest BCUT2D eigenvalue weighted by atomic mass is 15.2. The molecule has 1 atom stereocenters. The molecular formula is C17H27N. The first kappa shape index (κ1) is 15.0. The van der Waals surface area contributed by atoms with Crippen molar-refractivity contribution in [1.82, 2.24) is 4.90 Å². The van der Waals surface area contributed by atoms with Crippen molar-refractivity contribution in [1.29, 1.82) is 0 Å². The fraction of sp³-hybridized carbons (Fsp3) is 0.529. The van der Waals surface area contributed by atoms with E-state index in [0.29, 0.717) is 5.92 Å². The van der Waals surface area contributed by atoms with Crippen LogP contribution in [0, 0.1) is 5.92 Å². The van der Waals surface area contributed by atoms with E-state index in [4.69, 9.17) is 0 Å². The van der Waals surface area contributed by atoms with Crippen LogP contribution in [-0.4, -0.2) is 23.5 Å². The molecule has 0 aromatic heterocycles. The summed E-state index contributed by atoms with van der Waals surface area (Å²) in [5.41, 5.74) is 0.171. The number of allylic oxidation sites excluding steroid dienone is 1. The summed E-state index contributed by atoms with van der Waals surface area (Å²) in [6.07, 6.45) is 13.8. The summed E-state index contributed by atoms with van der Waals surface area (Å²) < 4.78 is 0. The van der Waals surface area contributed by atoms with E-state index in [-0.39, 0.29) is 5.54 Å². The molecule has 0 N–H and O–H groups in total. The second kappa shape index (κ2) is 7.38. The van der Waals surface area contributed by atoms with E-state index in [1.165, 1.54) is 12.8 Å². The predicted octanol–water partition coefficient (Wildman–Crippen LogP) is 4.35. The third-order valence-corrected chi connectivity index (χ3v) is 4.17. The Morgan fingerprint density at radius 1 is 1.00 bits per heavy atom. The van der Waals surface area contributed by atoms with Gasteiger partial charge in [-0.2, -0.15) is 0 Å². The molecule has 0 spiro atoms. The maximum Gasteiger partial charge on any atom is 0.0312 e. The second-order valence-corrected chi connectivity index (χ2v) is 5.19. The van der Waals surface area contributed by atoms with Gasteiger partial charge in [0.25, 0.3) is 0 Å². The van der Waals surface area contributed by atoms with Crippen LogP contribution in [0.4, 0.5) is 0 Å². The van der Waals surface area contributed by atoms with Crippen molar-refractivity contribution in [3.05, 3.63) is 50.6 Å². The van der Waals surface area contributed by atoms with E-state index in [1.54, 1.807) is 0 Å². The Bertz CT molecular complexity index is 273. The van der Waals surface area contributed by atoms with Gasteiger partial charge in [0.15, 0.2) is 0 Å². The molecule has 1 aliphatic heterocycles. The van der Waals surface area contributed by atoms with Crippen LogP contribution in [-0.2, 0) is 0 Å². The number of rotatable bonds is 8. The fourth-order valence-electron chi connectivity index (χ4n) is 3.42. The SMILES string of the molecule is C=CCC1CCCN(CC=C)C1(CC=C)CC=C. The third kappa shape index (κ3) is 3.02. The largest absolute Gasteiger partial charge is 0.293 e. The van der Waals surface area contributed by atoms with Crippen molar-refractivity contribution in [2.45, 2.75) is 37.6 Å². The molecule has 1 heteroatoms. The summed E-state index contributed by atoms with van der Waals surface area (Å²) in [6, 6.07) is 0. The van der Waals surface area contributed by atoms with E-state index >= 15 is 0 Å². The zero-order valence-corrected chi connectivity index (χ0v) is 11.6. The molecule has 0 amide bonds. The zero-order chi connectivity index (χ0) is 13.4. The van der Waals surface area contributed by atoms with Gasteiger partial charge in [-0.1, -0.05) is 24.3 Å². The Morgan fingerprint density at radius 2 is 1.67 bits per heavy atom. The first-order valence-corrected chi connectivity index (χ1v) is 6.93. The van der Waals surface area contributed by atoms with Gasteiger partial charge in [-0.3, -0.25) is 4.90 Å². The maximum atomic E-state index is 3.96. The third-order valence-electron chi connectivity index (χ3n) is 4.17. The maximum absolute atomic E-state index is 3.96. The van der Waals surface area contributed by atoms with Gasteiger partial charge in [-0.15, -0.1) is 26.3 Å². The Hall–Kier alpha value is -1.08. The number of piperidine rings is 1. The van der Waals surface area contributed by atoms with Crippen LogP contribution in [0.1, 0.15) is 32.1 Å². The lowest BCUT2D eigenvalue weighted by Crippen LogP contribution is -2.56. The van der Waals surface area contributed by atoms with Crippen LogP contribution in [0.3, 0.4) is 0 Å². The van der Waals surface area contributed by atoms with Gasteiger partial charge in [0.1, 0.15) is 0 Å². The quantitative estimate of drug-likeness (QED) is 0.575. The van der Waals surface area contributed by atoms with Crippen LogP contribution in [0.2, 0.25) is 0 Å². The summed E-state index contributed by atoms with van der Waals surface area (Å²) in [5, 5.41) is 0. The number of hydrogen-bond acceptors (Lipinski definition) is 1. The summed E-state index contributed by atoms with van der Waals surface area (Å²) in [5.74, 6) is 0.652. The molecule has 1 heterocycles. The molecule has 1 nitrogen and oxygen atoms in total. The highest BCUT2D eigenvalue weighted by Crippen LogP contribution is 2.41. The lowest BCUT2D eigenvalue weighted by Gasteiger charge is -2.52. The monoisotopic (exact) mass is 245 g/mol. The molecule has 100 valence electrons. The molecule has 0 radical (unpaired) electrons. The van der Waals surface area contributed by atoms with Gasteiger partial charge in [0.05, 0.1) is 0 Å². The molecule has 0 saturated carbocycles. The van der Waals surface area contributed by atoms with Crippen LogP contribution < -0.4 is 0 Å². The standard InChI is InChI=1S/C17H27N/c1-5-10-16-11-9-15-18(14-8-4)17(16,12-6-2)13-7-3/h5-8,16H,1-4,9-15H2. The van der Waals surface area contributed by atoms with Crippen molar-refractivity contribution in [3.63, 3.8) is 0 Å². The van der Waals surface area contributed by atoms with Crippen molar-refractivity contribution in [2.24, 2.45) is 5.92 Å². The van der Waals surface area contributed by atoms with E-state index in [2.05, 4.69) is 49.4 Å².